The van der Waals surface area contributed by atoms with Crippen LogP contribution in [0.4, 0.5) is 5.69 Å². The molecule has 1 N–H and O–H groups in total. The molecule has 132 valence electrons. The van der Waals surface area contributed by atoms with Crippen LogP contribution in [0.25, 0.3) is 0 Å². The molecule has 1 amide bonds. The predicted molar refractivity (Wildman–Crippen MR) is 104 cm³/mol. The molecule has 0 spiro atoms. The van der Waals surface area contributed by atoms with Crippen LogP contribution >= 0.6 is 11.3 Å². The third kappa shape index (κ3) is 4.15. The summed E-state index contributed by atoms with van der Waals surface area (Å²) in [6, 6.07) is 16.0. The number of hydrogen-bond acceptors (Lipinski definition) is 4. The number of aromatic nitrogens is 1. The van der Waals surface area contributed by atoms with Crippen LogP contribution in [0.5, 0.6) is 0 Å². The molecule has 2 heterocycles. The lowest BCUT2D eigenvalue weighted by Crippen LogP contribution is -2.28. The maximum atomic E-state index is 12.9. The number of carbonyl (C=O) groups excluding carboxylic acids is 2. The summed E-state index contributed by atoms with van der Waals surface area (Å²) in [5.41, 5.74) is 1.65. The van der Waals surface area contributed by atoms with Gasteiger partial charge >= 0.3 is 0 Å². The van der Waals surface area contributed by atoms with Crippen LogP contribution in [0.1, 0.15) is 33.9 Å². The monoisotopic (exact) mass is 365 g/mol. The third-order valence-corrected chi connectivity index (χ3v) is 4.43. The predicted octanol–water partition coefficient (Wildman–Crippen LogP) is 3.80. The van der Waals surface area contributed by atoms with Crippen LogP contribution in [0.3, 0.4) is 0 Å². The Labute approximate surface area is 155 Å². The molecule has 0 unspecified atom stereocenters. The van der Waals surface area contributed by atoms with Crippen molar-refractivity contribution in [3.63, 3.8) is 0 Å². The summed E-state index contributed by atoms with van der Waals surface area (Å²) in [6.07, 6.45) is 1.69. The maximum Gasteiger partial charge on any atom is 0.265 e. The first-order valence-corrected chi connectivity index (χ1v) is 9.14. The SMILES string of the molecule is CC(C)N=c1ccccn1C(=O)c1cccc(NC(=O)c2cccs2)c1. The van der Waals surface area contributed by atoms with E-state index < -0.39 is 0 Å². The zero-order chi connectivity index (χ0) is 18.5. The Hall–Kier alpha value is -2.99. The molecular weight excluding hydrogens is 346 g/mol. The Morgan fingerprint density at radius 1 is 1.08 bits per heavy atom. The maximum absolute atomic E-state index is 12.9. The fraction of sp³-hybridized carbons (Fsp3) is 0.150. The van der Waals surface area contributed by atoms with Crippen LogP contribution in [0, 0.1) is 0 Å². The van der Waals surface area contributed by atoms with E-state index >= 15 is 0 Å². The van der Waals surface area contributed by atoms with Crippen molar-refractivity contribution in [3.8, 4) is 0 Å². The van der Waals surface area contributed by atoms with Crippen LogP contribution in [-0.2, 0) is 0 Å². The van der Waals surface area contributed by atoms with Gasteiger partial charge in [0.25, 0.3) is 11.8 Å². The molecule has 0 fully saturated rings. The number of carbonyl (C=O) groups is 2. The van der Waals surface area contributed by atoms with Gasteiger partial charge in [-0.1, -0.05) is 18.2 Å². The highest BCUT2D eigenvalue weighted by Crippen LogP contribution is 2.15. The quantitative estimate of drug-likeness (QED) is 0.764. The minimum Gasteiger partial charge on any atom is -0.321 e. The Balaban J connectivity index is 1.89. The van der Waals surface area contributed by atoms with Gasteiger partial charge in [-0.25, -0.2) is 0 Å². The lowest BCUT2D eigenvalue weighted by molar-refractivity contribution is 0.0953. The van der Waals surface area contributed by atoms with Crippen LogP contribution in [-0.4, -0.2) is 22.4 Å². The van der Waals surface area contributed by atoms with Crippen LogP contribution in [0.2, 0.25) is 0 Å². The molecule has 0 bridgehead atoms. The van der Waals surface area contributed by atoms with Gasteiger partial charge < -0.3 is 5.32 Å². The van der Waals surface area contributed by atoms with E-state index in [0.717, 1.165) is 0 Å². The van der Waals surface area contributed by atoms with Gasteiger partial charge in [0.1, 0.15) is 5.49 Å². The zero-order valence-electron chi connectivity index (χ0n) is 14.5. The van der Waals surface area contributed by atoms with Gasteiger partial charge in [-0.2, -0.15) is 0 Å². The number of pyridine rings is 1. The molecule has 26 heavy (non-hydrogen) atoms. The highest BCUT2D eigenvalue weighted by atomic mass is 32.1. The Bertz CT molecular complexity index is 988. The van der Waals surface area contributed by atoms with E-state index in [0.29, 0.717) is 21.6 Å². The van der Waals surface area contributed by atoms with Crippen LogP contribution in [0.15, 0.2) is 71.2 Å². The number of nitrogens with one attached hydrogen (secondary N) is 1. The number of rotatable bonds is 4. The summed E-state index contributed by atoms with van der Waals surface area (Å²) in [4.78, 5) is 30.2. The average Bonchev–Trinajstić information content (AvgIpc) is 3.16. The number of hydrogen-bond donors (Lipinski definition) is 1. The van der Waals surface area contributed by atoms with E-state index in [-0.39, 0.29) is 17.9 Å². The molecule has 0 saturated heterocycles. The number of benzene rings is 1. The second kappa shape index (κ2) is 7.93. The topological polar surface area (TPSA) is 63.5 Å². The normalized spacial score (nSPS) is 11.6. The first-order chi connectivity index (χ1) is 12.5. The van der Waals surface area contributed by atoms with E-state index in [2.05, 4.69) is 10.3 Å². The Morgan fingerprint density at radius 2 is 1.92 bits per heavy atom. The van der Waals surface area contributed by atoms with Gasteiger partial charge in [-0.3, -0.25) is 19.1 Å². The number of anilines is 1. The summed E-state index contributed by atoms with van der Waals surface area (Å²) in [7, 11) is 0. The molecule has 0 aliphatic heterocycles. The molecule has 6 heteroatoms. The van der Waals surface area contributed by atoms with Gasteiger partial charge in [0.05, 0.1) is 4.88 Å². The molecule has 2 aromatic heterocycles. The highest BCUT2D eigenvalue weighted by molar-refractivity contribution is 7.12. The molecule has 5 nitrogen and oxygen atoms in total. The second-order valence-electron chi connectivity index (χ2n) is 5.97. The Kier molecular flexibility index (Phi) is 5.43. The van der Waals surface area contributed by atoms with Crippen molar-refractivity contribution in [1.82, 2.24) is 4.57 Å². The fourth-order valence-electron chi connectivity index (χ4n) is 2.45. The minimum absolute atomic E-state index is 0.0767. The van der Waals surface area contributed by atoms with Gasteiger partial charge in [0, 0.05) is 23.5 Å². The molecular formula is C20H19N3O2S. The summed E-state index contributed by atoms with van der Waals surface area (Å²) < 4.78 is 1.51. The molecule has 0 saturated carbocycles. The van der Waals surface area contributed by atoms with Crippen molar-refractivity contribution in [3.05, 3.63) is 82.1 Å². The largest absolute Gasteiger partial charge is 0.321 e. The molecule has 0 aliphatic rings. The van der Waals surface area contributed by atoms with Crippen LogP contribution < -0.4 is 10.8 Å². The van der Waals surface area contributed by atoms with Crippen molar-refractivity contribution in [2.45, 2.75) is 19.9 Å². The number of nitrogens with zero attached hydrogens (tertiary/aromatic N) is 2. The highest BCUT2D eigenvalue weighted by Gasteiger charge is 2.12. The smallest absolute Gasteiger partial charge is 0.265 e. The summed E-state index contributed by atoms with van der Waals surface area (Å²) >= 11 is 1.37. The lowest BCUT2D eigenvalue weighted by Gasteiger charge is -2.09. The van der Waals surface area contributed by atoms with Gasteiger partial charge in [0.15, 0.2) is 0 Å². The lowest BCUT2D eigenvalue weighted by atomic mass is 10.2. The summed E-state index contributed by atoms with van der Waals surface area (Å²) in [6.45, 7) is 3.92. The molecule has 0 aliphatic carbocycles. The Morgan fingerprint density at radius 3 is 2.65 bits per heavy atom. The van der Waals surface area contributed by atoms with Crippen molar-refractivity contribution in [2.75, 3.05) is 5.32 Å². The van der Waals surface area contributed by atoms with Crippen molar-refractivity contribution < 1.29 is 9.59 Å². The molecule has 0 radical (unpaired) electrons. The number of amides is 1. The standard InChI is InChI=1S/C20H19N3O2S/c1-14(2)21-18-10-3-4-11-23(18)20(25)15-7-5-8-16(13-15)22-19(24)17-9-6-12-26-17/h3-14H,1-2H3,(H,22,24). The van der Waals surface area contributed by atoms with E-state index in [1.165, 1.54) is 15.9 Å². The molecule has 3 aromatic rings. The summed E-state index contributed by atoms with van der Waals surface area (Å²) in [5, 5.41) is 4.67. The number of thiophene rings is 1. The van der Waals surface area contributed by atoms with E-state index in [1.54, 1.807) is 48.7 Å². The molecule has 1 aromatic carbocycles. The fourth-order valence-corrected chi connectivity index (χ4v) is 3.06. The minimum atomic E-state index is -0.197. The first-order valence-electron chi connectivity index (χ1n) is 8.26. The van der Waals surface area contributed by atoms with Gasteiger partial charge in [-0.05, 0) is 55.6 Å². The van der Waals surface area contributed by atoms with Crippen molar-refractivity contribution in [1.29, 1.82) is 0 Å². The first kappa shape index (κ1) is 17.8. The molecule has 0 atom stereocenters. The van der Waals surface area contributed by atoms with E-state index in [9.17, 15) is 9.59 Å². The van der Waals surface area contributed by atoms with Crippen molar-refractivity contribution >= 4 is 28.8 Å². The van der Waals surface area contributed by atoms with Crippen molar-refractivity contribution in [2.24, 2.45) is 4.99 Å². The third-order valence-electron chi connectivity index (χ3n) is 3.56. The van der Waals surface area contributed by atoms with Gasteiger partial charge in [-0.15, -0.1) is 11.3 Å². The van der Waals surface area contributed by atoms with E-state index in [4.69, 9.17) is 0 Å². The second-order valence-corrected chi connectivity index (χ2v) is 6.92. The average molecular weight is 365 g/mol. The zero-order valence-corrected chi connectivity index (χ0v) is 15.4. The summed E-state index contributed by atoms with van der Waals surface area (Å²) in [5.74, 6) is -0.385. The molecule has 3 rings (SSSR count). The van der Waals surface area contributed by atoms with E-state index in [1.807, 2.05) is 31.4 Å². The van der Waals surface area contributed by atoms with Gasteiger partial charge in [0.2, 0.25) is 0 Å².